The van der Waals surface area contributed by atoms with Crippen molar-refractivity contribution >= 4 is 44.2 Å². The van der Waals surface area contributed by atoms with Gasteiger partial charge in [-0.15, -0.1) is 10.2 Å². The lowest BCUT2D eigenvalue weighted by atomic mass is 10.2. The van der Waals surface area contributed by atoms with Crippen LogP contribution in [0.1, 0.15) is 11.1 Å². The van der Waals surface area contributed by atoms with E-state index in [1.165, 1.54) is 11.8 Å². The molecule has 0 unspecified atom stereocenters. The maximum absolute atomic E-state index is 12.8. The summed E-state index contributed by atoms with van der Waals surface area (Å²) in [5.74, 6) is -0.0634. The summed E-state index contributed by atoms with van der Waals surface area (Å²) in [5, 5.41) is 10.4. The number of aromatic nitrogens is 2. The van der Waals surface area contributed by atoms with Crippen LogP contribution >= 0.6 is 23.1 Å². The lowest BCUT2D eigenvalue weighted by Crippen LogP contribution is -2.33. The topological polar surface area (TPSA) is 101 Å². The van der Waals surface area contributed by atoms with Crippen LogP contribution in [0, 0.1) is 0 Å². The molecule has 0 fully saturated rings. The fourth-order valence-electron chi connectivity index (χ4n) is 2.28. The predicted molar refractivity (Wildman–Crippen MR) is 111 cm³/mol. The molecule has 1 amide bonds. The van der Waals surface area contributed by atoms with Gasteiger partial charge >= 0.3 is 6.18 Å². The number of hydrogen-bond acceptors (Lipinski definition) is 7. The van der Waals surface area contributed by atoms with Crippen molar-refractivity contribution < 1.29 is 26.4 Å². The molecule has 0 atom stereocenters. The number of benzene rings is 2. The Bertz CT molecular complexity index is 1150. The third kappa shape index (κ3) is 6.75. The Kier molecular flexibility index (Phi) is 7.30. The molecule has 164 valence electrons. The number of amides is 1. The molecule has 2 aromatic carbocycles. The van der Waals surface area contributed by atoms with Crippen LogP contribution in [0.5, 0.6) is 0 Å². The van der Waals surface area contributed by atoms with Crippen molar-refractivity contribution in [2.24, 2.45) is 0 Å². The van der Waals surface area contributed by atoms with Crippen molar-refractivity contribution in [1.29, 1.82) is 0 Å². The number of rotatable bonds is 8. The van der Waals surface area contributed by atoms with E-state index in [1.54, 1.807) is 0 Å². The Balaban J connectivity index is 1.54. The van der Waals surface area contributed by atoms with Crippen LogP contribution in [0.15, 0.2) is 63.8 Å². The molecular formula is C18H15F3N4O3S3. The summed E-state index contributed by atoms with van der Waals surface area (Å²) in [5.41, 5.74) is -0.00787. The van der Waals surface area contributed by atoms with Crippen LogP contribution in [0.3, 0.4) is 0 Å². The average Bonchev–Trinajstić information content (AvgIpc) is 3.18. The molecule has 13 heteroatoms. The molecule has 0 spiro atoms. The van der Waals surface area contributed by atoms with E-state index in [0.29, 0.717) is 16.2 Å². The van der Waals surface area contributed by atoms with E-state index in [2.05, 4.69) is 15.5 Å². The minimum Gasteiger partial charge on any atom is -0.299 e. The number of nitrogens with zero attached hydrogens (tertiary/aromatic N) is 2. The Morgan fingerprint density at radius 3 is 2.52 bits per heavy atom. The second-order valence-corrected chi connectivity index (χ2v) is 10.0. The summed E-state index contributed by atoms with van der Waals surface area (Å²) < 4.78 is 65.3. The van der Waals surface area contributed by atoms with Crippen molar-refractivity contribution in [2.45, 2.75) is 21.2 Å². The first-order valence-corrected chi connectivity index (χ1v) is 11.9. The average molecular weight is 489 g/mol. The smallest absolute Gasteiger partial charge is 0.299 e. The number of hydrogen-bond donors (Lipinski definition) is 2. The predicted octanol–water partition coefficient (Wildman–Crippen LogP) is 3.77. The van der Waals surface area contributed by atoms with Gasteiger partial charge in [0.2, 0.25) is 21.1 Å². The molecule has 0 saturated carbocycles. The normalized spacial score (nSPS) is 12.0. The van der Waals surface area contributed by atoms with E-state index in [9.17, 15) is 26.4 Å². The number of carbonyl (C=O) groups excluding carboxylic acids is 1. The zero-order valence-corrected chi connectivity index (χ0v) is 18.0. The van der Waals surface area contributed by atoms with Crippen LogP contribution in [-0.4, -0.2) is 31.1 Å². The van der Waals surface area contributed by atoms with Gasteiger partial charge < -0.3 is 0 Å². The van der Waals surface area contributed by atoms with Gasteiger partial charge in [0.05, 0.1) is 17.0 Å². The van der Waals surface area contributed by atoms with Crippen molar-refractivity contribution in [1.82, 2.24) is 14.9 Å². The third-order valence-electron chi connectivity index (χ3n) is 3.75. The Morgan fingerprint density at radius 1 is 1.06 bits per heavy atom. The van der Waals surface area contributed by atoms with Gasteiger partial charge in [-0.1, -0.05) is 59.5 Å². The summed E-state index contributed by atoms with van der Waals surface area (Å²) in [6.45, 7) is -0.676. The zero-order valence-electron chi connectivity index (χ0n) is 15.6. The molecule has 1 aromatic heterocycles. The Morgan fingerprint density at radius 2 is 1.81 bits per heavy atom. The summed E-state index contributed by atoms with van der Waals surface area (Å²) in [6, 6.07) is 12.9. The number of thioether (sulfide) groups is 1. The molecule has 0 radical (unpaired) electrons. The molecule has 1 heterocycles. The van der Waals surface area contributed by atoms with Gasteiger partial charge in [-0.25, -0.2) is 13.1 Å². The minimum absolute atomic E-state index is 0.179. The summed E-state index contributed by atoms with van der Waals surface area (Å²) >= 11 is 2.55. The molecule has 3 aromatic rings. The molecule has 0 aliphatic rings. The lowest BCUT2D eigenvalue weighted by molar-refractivity contribution is -0.137. The highest BCUT2D eigenvalue weighted by Gasteiger charge is 2.31. The molecule has 0 aliphatic carbocycles. The van der Waals surface area contributed by atoms with Crippen LogP contribution in [0.2, 0.25) is 0 Å². The number of carbonyl (C=O) groups is 1. The van der Waals surface area contributed by atoms with E-state index < -0.39 is 39.1 Å². The van der Waals surface area contributed by atoms with Gasteiger partial charge in [-0.3, -0.25) is 10.1 Å². The largest absolute Gasteiger partial charge is 0.416 e. The van der Waals surface area contributed by atoms with E-state index >= 15 is 0 Å². The second-order valence-electron chi connectivity index (χ2n) is 6.05. The lowest BCUT2D eigenvalue weighted by Gasteiger charge is -2.10. The van der Waals surface area contributed by atoms with Crippen molar-refractivity contribution in [3.8, 4) is 0 Å². The first kappa shape index (κ1) is 23.2. The van der Waals surface area contributed by atoms with Crippen LogP contribution in [0.4, 0.5) is 18.3 Å². The van der Waals surface area contributed by atoms with E-state index in [4.69, 9.17) is 0 Å². The van der Waals surface area contributed by atoms with Crippen LogP contribution in [0.25, 0.3) is 0 Å². The molecular weight excluding hydrogens is 473 g/mol. The molecule has 31 heavy (non-hydrogen) atoms. The molecule has 2 N–H and O–H groups in total. The quantitative estimate of drug-likeness (QED) is 0.370. The van der Waals surface area contributed by atoms with Crippen molar-refractivity contribution in [2.75, 3.05) is 11.9 Å². The Hall–Kier alpha value is -2.48. The molecule has 0 aliphatic heterocycles. The fourth-order valence-corrected chi connectivity index (χ4v) is 5.04. The third-order valence-corrected chi connectivity index (χ3v) is 7.19. The number of alkyl halides is 3. The SMILES string of the molecule is O=C(CNS(=O)(=O)c1cccc(C(F)(F)F)c1)Nc1nnc(SCc2ccccc2)s1. The number of sulfonamides is 1. The van der Waals surface area contributed by atoms with Crippen molar-refractivity contribution in [3.63, 3.8) is 0 Å². The van der Waals surface area contributed by atoms with Gasteiger partial charge in [-0.05, 0) is 23.8 Å². The van der Waals surface area contributed by atoms with Gasteiger partial charge in [0.1, 0.15) is 0 Å². The maximum Gasteiger partial charge on any atom is 0.416 e. The first-order valence-electron chi connectivity index (χ1n) is 8.60. The summed E-state index contributed by atoms with van der Waals surface area (Å²) in [6.07, 6.45) is -4.68. The molecule has 0 bridgehead atoms. The highest BCUT2D eigenvalue weighted by Crippen LogP contribution is 2.30. The van der Waals surface area contributed by atoms with Crippen LogP contribution < -0.4 is 10.0 Å². The fraction of sp³-hybridized carbons (Fsp3) is 0.167. The molecule has 7 nitrogen and oxygen atoms in total. The van der Waals surface area contributed by atoms with Gasteiger partial charge in [0.15, 0.2) is 4.34 Å². The van der Waals surface area contributed by atoms with E-state index in [0.717, 1.165) is 35.1 Å². The minimum atomic E-state index is -4.68. The summed E-state index contributed by atoms with van der Waals surface area (Å²) in [4.78, 5) is 11.4. The number of anilines is 1. The number of halogens is 3. The maximum atomic E-state index is 12.8. The van der Waals surface area contributed by atoms with Gasteiger partial charge in [0, 0.05) is 5.75 Å². The zero-order chi connectivity index (χ0) is 22.5. The Labute approximate surface area is 184 Å². The van der Waals surface area contributed by atoms with Gasteiger partial charge in [-0.2, -0.15) is 13.2 Å². The standard InChI is InChI=1S/C18H15F3N4O3S3/c19-18(20,21)13-7-4-8-14(9-13)31(27,28)22-10-15(26)23-16-24-25-17(30-16)29-11-12-5-2-1-3-6-12/h1-9,22H,10-11H2,(H,23,24,26). The number of nitrogens with one attached hydrogen (secondary N) is 2. The monoisotopic (exact) mass is 488 g/mol. The summed E-state index contributed by atoms with van der Waals surface area (Å²) in [7, 11) is -4.31. The van der Waals surface area contributed by atoms with E-state index in [-0.39, 0.29) is 5.13 Å². The second kappa shape index (κ2) is 9.77. The molecule has 3 rings (SSSR count). The van der Waals surface area contributed by atoms with Crippen molar-refractivity contribution in [3.05, 3.63) is 65.7 Å². The highest BCUT2D eigenvalue weighted by atomic mass is 32.2. The highest BCUT2D eigenvalue weighted by molar-refractivity contribution is 8.00. The molecule has 0 saturated heterocycles. The van der Waals surface area contributed by atoms with Gasteiger partial charge in [0.25, 0.3) is 0 Å². The van der Waals surface area contributed by atoms with Crippen LogP contribution in [-0.2, 0) is 26.7 Å². The van der Waals surface area contributed by atoms with E-state index in [1.807, 2.05) is 35.1 Å². The first-order chi connectivity index (χ1) is 14.6.